The lowest BCUT2D eigenvalue weighted by Crippen LogP contribution is -2.60. The van der Waals surface area contributed by atoms with Crippen LogP contribution in [0.4, 0.5) is 0 Å². The van der Waals surface area contributed by atoms with Gasteiger partial charge >= 0.3 is 20.7 Å². The first-order chi connectivity index (χ1) is 14.9. The summed E-state index contributed by atoms with van der Waals surface area (Å²) in [4.78, 5) is 24.1. The normalized spacial score (nSPS) is 17.2. The zero-order valence-corrected chi connectivity index (χ0v) is 26.2. The van der Waals surface area contributed by atoms with Gasteiger partial charge in [-0.2, -0.15) is 0 Å². The topological polar surface area (TPSA) is 91.3 Å². The van der Waals surface area contributed by atoms with Crippen LogP contribution in [0, 0.1) is 5.92 Å². The minimum absolute atomic E-state index is 0.0310. The third-order valence-electron chi connectivity index (χ3n) is 4.81. The van der Waals surface area contributed by atoms with Gasteiger partial charge in [-0.05, 0) is 84.1 Å². The second-order valence-corrected chi connectivity index (χ2v) is 28.8. The van der Waals surface area contributed by atoms with Crippen LogP contribution in [-0.4, -0.2) is 57.4 Å². The summed E-state index contributed by atoms with van der Waals surface area (Å²) in [6.45, 7) is 19.5. The molecular weight excluding hydrogens is 489 g/mol. The molecule has 192 valence electrons. The van der Waals surface area contributed by atoms with Crippen LogP contribution in [0.25, 0.3) is 0 Å². The van der Waals surface area contributed by atoms with Crippen LogP contribution in [0.5, 0.6) is 0 Å². The van der Waals surface area contributed by atoms with Gasteiger partial charge in [-0.15, -0.1) is 0 Å². The highest BCUT2D eigenvalue weighted by Gasteiger charge is 2.49. The lowest BCUT2D eigenvalue weighted by atomic mass is 9.83. The Hall–Kier alpha value is -0.572. The Morgan fingerprint density at radius 1 is 0.818 bits per heavy atom. The standard InChI is InChI=1S/C22H46O7Si4/c1-30(2,3)27-33(28-31(4,5)6,29-32(7,8)9)17-13-16-26-22(25)20(18-21(23)24)19-14-11-10-12-15-19/h18-19H,10-17H2,1-9H3,(H,23,24). The van der Waals surface area contributed by atoms with Crippen LogP contribution in [0.1, 0.15) is 38.5 Å². The monoisotopic (exact) mass is 534 g/mol. The van der Waals surface area contributed by atoms with Gasteiger partial charge in [0, 0.05) is 17.7 Å². The summed E-state index contributed by atoms with van der Waals surface area (Å²) in [5.74, 6) is -1.65. The second kappa shape index (κ2) is 12.4. The van der Waals surface area contributed by atoms with Crippen LogP contribution in [0.3, 0.4) is 0 Å². The van der Waals surface area contributed by atoms with Crippen molar-refractivity contribution in [2.45, 2.75) is 103 Å². The van der Waals surface area contributed by atoms with Gasteiger partial charge in [-0.3, -0.25) is 0 Å². The smallest absolute Gasteiger partial charge is 0.469 e. The number of carboxylic acid groups (broad SMARTS) is 1. The minimum Gasteiger partial charge on any atom is -0.478 e. The van der Waals surface area contributed by atoms with Crippen LogP contribution >= 0.6 is 0 Å². The molecule has 33 heavy (non-hydrogen) atoms. The summed E-state index contributed by atoms with van der Waals surface area (Å²) in [5, 5.41) is 9.25. The summed E-state index contributed by atoms with van der Waals surface area (Å²) >= 11 is 0. The van der Waals surface area contributed by atoms with Crippen molar-refractivity contribution in [2.24, 2.45) is 5.92 Å². The lowest BCUT2D eigenvalue weighted by Gasteiger charge is -2.42. The highest BCUT2D eigenvalue weighted by Crippen LogP contribution is 2.32. The van der Waals surface area contributed by atoms with Crippen LogP contribution in [-0.2, 0) is 26.7 Å². The Morgan fingerprint density at radius 2 is 1.27 bits per heavy atom. The molecule has 7 nitrogen and oxygen atoms in total. The van der Waals surface area contributed by atoms with E-state index >= 15 is 0 Å². The molecule has 0 aliphatic heterocycles. The van der Waals surface area contributed by atoms with E-state index in [-0.39, 0.29) is 12.5 Å². The summed E-state index contributed by atoms with van der Waals surface area (Å²) in [7, 11) is -8.85. The van der Waals surface area contributed by atoms with Crippen LogP contribution in [0.2, 0.25) is 65.0 Å². The Morgan fingerprint density at radius 3 is 1.67 bits per heavy atom. The van der Waals surface area contributed by atoms with Gasteiger partial charge < -0.3 is 22.2 Å². The first-order valence-electron chi connectivity index (χ1n) is 12.1. The molecule has 0 aromatic carbocycles. The molecule has 11 heteroatoms. The molecular formula is C22H46O7Si4. The zero-order valence-electron chi connectivity index (χ0n) is 22.2. The predicted octanol–water partition coefficient (Wildman–Crippen LogP) is 6.00. The highest BCUT2D eigenvalue weighted by molar-refractivity contribution is 6.90. The molecule has 0 bridgehead atoms. The Labute approximate surface area is 205 Å². The Bertz CT molecular complexity index is 644. The molecule has 0 unspecified atom stereocenters. The molecule has 0 saturated heterocycles. The second-order valence-electron chi connectivity index (χ2n) is 11.8. The van der Waals surface area contributed by atoms with Crippen molar-refractivity contribution in [1.82, 2.24) is 0 Å². The van der Waals surface area contributed by atoms with E-state index in [2.05, 4.69) is 58.9 Å². The number of rotatable bonds is 13. The Kier molecular flexibility index (Phi) is 11.5. The van der Waals surface area contributed by atoms with E-state index in [0.29, 0.717) is 18.0 Å². The summed E-state index contributed by atoms with van der Waals surface area (Å²) in [5.41, 5.74) is 0.292. The first kappa shape index (κ1) is 30.5. The molecule has 1 aliphatic rings. The van der Waals surface area contributed by atoms with E-state index in [0.717, 1.165) is 38.2 Å². The van der Waals surface area contributed by atoms with Gasteiger partial charge in [-0.25, -0.2) is 9.59 Å². The quantitative estimate of drug-likeness (QED) is 0.134. The van der Waals surface area contributed by atoms with Gasteiger partial charge in [-0.1, -0.05) is 19.3 Å². The fraction of sp³-hybridized carbons (Fsp3) is 0.818. The number of ether oxygens (including phenoxy) is 1. The average Bonchev–Trinajstić information content (AvgIpc) is 2.59. The van der Waals surface area contributed by atoms with E-state index in [9.17, 15) is 14.7 Å². The molecule has 1 rings (SSSR count). The number of hydrogen-bond donors (Lipinski definition) is 1. The van der Waals surface area contributed by atoms with Crippen molar-refractivity contribution in [3.8, 4) is 0 Å². The molecule has 0 amide bonds. The molecule has 1 N–H and O–H groups in total. The molecule has 0 heterocycles. The maximum absolute atomic E-state index is 12.8. The SMILES string of the molecule is C[Si](C)(C)O[Si](CCCOC(=O)C(=CC(=O)O)C1CCCCC1)(O[Si](C)(C)C)O[Si](C)(C)C. The van der Waals surface area contributed by atoms with E-state index in [1.54, 1.807) is 0 Å². The third kappa shape index (κ3) is 13.2. The van der Waals surface area contributed by atoms with Crippen molar-refractivity contribution in [2.75, 3.05) is 6.61 Å². The van der Waals surface area contributed by atoms with E-state index in [1.807, 2.05) is 0 Å². The number of carbonyl (C=O) groups excluding carboxylic acids is 1. The molecule has 1 saturated carbocycles. The number of hydrogen-bond acceptors (Lipinski definition) is 6. The van der Waals surface area contributed by atoms with Crippen molar-refractivity contribution in [3.05, 3.63) is 11.6 Å². The molecule has 1 fully saturated rings. The van der Waals surface area contributed by atoms with Crippen LogP contribution in [0.15, 0.2) is 11.6 Å². The zero-order chi connectivity index (χ0) is 25.5. The largest absolute Gasteiger partial charge is 0.478 e. The Balaban J connectivity index is 2.92. The fourth-order valence-corrected chi connectivity index (χ4v) is 18.7. The maximum Gasteiger partial charge on any atom is 0.469 e. The van der Waals surface area contributed by atoms with E-state index < -0.39 is 45.7 Å². The van der Waals surface area contributed by atoms with E-state index in [1.165, 1.54) is 0 Å². The van der Waals surface area contributed by atoms with Crippen molar-refractivity contribution >= 4 is 45.7 Å². The molecule has 0 aromatic rings. The number of esters is 1. The van der Waals surface area contributed by atoms with Gasteiger partial charge in [0.25, 0.3) is 0 Å². The lowest BCUT2D eigenvalue weighted by molar-refractivity contribution is -0.140. The molecule has 0 aromatic heterocycles. The van der Waals surface area contributed by atoms with Gasteiger partial charge in [0.2, 0.25) is 0 Å². The van der Waals surface area contributed by atoms with Crippen molar-refractivity contribution < 1.29 is 31.8 Å². The molecule has 0 radical (unpaired) electrons. The van der Waals surface area contributed by atoms with Crippen molar-refractivity contribution in [1.29, 1.82) is 0 Å². The summed E-state index contributed by atoms with van der Waals surface area (Å²) in [6.07, 6.45) is 6.42. The van der Waals surface area contributed by atoms with Crippen LogP contribution < -0.4 is 0 Å². The molecule has 1 aliphatic carbocycles. The first-order valence-corrected chi connectivity index (χ1v) is 24.3. The maximum atomic E-state index is 12.8. The average molecular weight is 535 g/mol. The summed E-state index contributed by atoms with van der Waals surface area (Å²) in [6, 6.07) is 0.584. The number of carboxylic acids is 1. The minimum atomic E-state index is -2.97. The van der Waals surface area contributed by atoms with Crippen molar-refractivity contribution in [3.63, 3.8) is 0 Å². The van der Waals surface area contributed by atoms with Gasteiger partial charge in [0.15, 0.2) is 25.0 Å². The molecule has 0 atom stereocenters. The highest BCUT2D eigenvalue weighted by atomic mass is 28.5. The number of aliphatic carboxylic acids is 1. The van der Waals surface area contributed by atoms with Gasteiger partial charge in [0.05, 0.1) is 6.61 Å². The summed E-state index contributed by atoms with van der Waals surface area (Å²) < 4.78 is 25.5. The fourth-order valence-electron chi connectivity index (χ4n) is 4.04. The van der Waals surface area contributed by atoms with Gasteiger partial charge in [0.1, 0.15) is 0 Å². The van der Waals surface area contributed by atoms with E-state index in [4.69, 9.17) is 17.1 Å². The number of carbonyl (C=O) groups is 2. The third-order valence-corrected chi connectivity index (χ3v) is 16.9. The predicted molar refractivity (Wildman–Crippen MR) is 142 cm³/mol. The molecule has 0 spiro atoms.